The summed E-state index contributed by atoms with van der Waals surface area (Å²) in [5.41, 5.74) is 1.74. The number of aromatic nitrogens is 4. The molecule has 1 fully saturated rings. The van der Waals surface area contributed by atoms with Crippen LogP contribution in [0.4, 0.5) is 0 Å². The van der Waals surface area contributed by atoms with Gasteiger partial charge in [-0.3, -0.25) is 4.79 Å². The summed E-state index contributed by atoms with van der Waals surface area (Å²) >= 11 is 0. The quantitative estimate of drug-likeness (QED) is 0.719. The Morgan fingerprint density at radius 2 is 2.11 bits per heavy atom. The molecular formula is C19H19N5O3. The number of ether oxygens (including phenoxy) is 1. The number of hydrogen-bond donors (Lipinski definition) is 2. The lowest BCUT2D eigenvalue weighted by atomic mass is 9.93. The summed E-state index contributed by atoms with van der Waals surface area (Å²) < 4.78 is 6.43. The van der Waals surface area contributed by atoms with Crippen LogP contribution in [-0.4, -0.2) is 43.9 Å². The van der Waals surface area contributed by atoms with Crippen molar-refractivity contribution in [3.05, 3.63) is 48.4 Å². The van der Waals surface area contributed by atoms with E-state index in [9.17, 15) is 9.90 Å². The topological polar surface area (TPSA) is 102 Å². The number of rotatable bonds is 5. The molecule has 1 saturated carbocycles. The first kappa shape index (κ1) is 17.0. The van der Waals surface area contributed by atoms with Crippen LogP contribution >= 0.6 is 0 Å². The van der Waals surface area contributed by atoms with Crippen LogP contribution in [0.1, 0.15) is 29.6 Å². The summed E-state index contributed by atoms with van der Waals surface area (Å²) in [4.78, 5) is 20.5. The maximum atomic E-state index is 12.2. The van der Waals surface area contributed by atoms with Crippen molar-refractivity contribution >= 4 is 5.91 Å². The minimum atomic E-state index is -0.131. The van der Waals surface area contributed by atoms with E-state index in [0.717, 1.165) is 24.8 Å². The van der Waals surface area contributed by atoms with E-state index in [-0.39, 0.29) is 17.8 Å². The molecule has 0 unspecified atom stereocenters. The molecule has 1 aliphatic carbocycles. The number of carbonyl (C=O) groups excluding carboxylic acids is 1. The zero-order valence-electron chi connectivity index (χ0n) is 14.8. The lowest BCUT2D eigenvalue weighted by Gasteiger charge is -2.26. The molecule has 0 aromatic carbocycles. The molecule has 2 N–H and O–H groups in total. The smallest absolute Gasteiger partial charge is 0.253 e. The number of methoxy groups -OCH3 is 1. The van der Waals surface area contributed by atoms with Gasteiger partial charge >= 0.3 is 0 Å². The lowest BCUT2D eigenvalue weighted by Crippen LogP contribution is -2.39. The molecule has 138 valence electrons. The van der Waals surface area contributed by atoms with E-state index in [1.807, 2.05) is 0 Å². The molecule has 4 rings (SSSR count). The number of carbonyl (C=O) groups is 1. The average molecular weight is 365 g/mol. The van der Waals surface area contributed by atoms with E-state index >= 15 is 0 Å². The number of pyridine rings is 2. The van der Waals surface area contributed by atoms with E-state index in [4.69, 9.17) is 4.74 Å². The highest BCUT2D eigenvalue weighted by Gasteiger charge is 2.20. The Balaban J connectivity index is 1.56. The molecule has 0 bridgehead atoms. The van der Waals surface area contributed by atoms with Crippen LogP contribution in [0.15, 0.2) is 42.9 Å². The third kappa shape index (κ3) is 3.33. The van der Waals surface area contributed by atoms with Gasteiger partial charge < -0.3 is 15.2 Å². The van der Waals surface area contributed by atoms with Crippen molar-refractivity contribution in [2.45, 2.75) is 25.3 Å². The molecule has 27 heavy (non-hydrogen) atoms. The molecule has 1 aliphatic rings. The fraction of sp³-hybridized carbons (Fsp3) is 0.263. The van der Waals surface area contributed by atoms with Crippen molar-refractivity contribution in [3.63, 3.8) is 0 Å². The van der Waals surface area contributed by atoms with Gasteiger partial charge in [-0.05, 0) is 43.0 Å². The summed E-state index contributed by atoms with van der Waals surface area (Å²) in [6.07, 6.45) is 7.84. The number of hydrogen-bond acceptors (Lipinski definition) is 6. The largest absolute Gasteiger partial charge is 0.493 e. The molecule has 0 radical (unpaired) electrons. The van der Waals surface area contributed by atoms with E-state index < -0.39 is 0 Å². The van der Waals surface area contributed by atoms with Gasteiger partial charge in [-0.25, -0.2) is 9.97 Å². The summed E-state index contributed by atoms with van der Waals surface area (Å²) in [7, 11) is 1.53. The minimum Gasteiger partial charge on any atom is -0.493 e. The second-order valence-corrected chi connectivity index (χ2v) is 6.39. The van der Waals surface area contributed by atoms with Crippen LogP contribution in [0, 0.1) is 0 Å². The summed E-state index contributed by atoms with van der Waals surface area (Å²) in [5, 5.41) is 17.7. The molecule has 3 aromatic heterocycles. The predicted molar refractivity (Wildman–Crippen MR) is 97.9 cm³/mol. The van der Waals surface area contributed by atoms with Crippen LogP contribution in [0.3, 0.4) is 0 Å². The fourth-order valence-electron chi connectivity index (χ4n) is 2.87. The normalized spacial score (nSPS) is 13.8. The van der Waals surface area contributed by atoms with Crippen LogP contribution in [-0.2, 0) is 0 Å². The van der Waals surface area contributed by atoms with Gasteiger partial charge in [-0.2, -0.15) is 9.78 Å². The average Bonchev–Trinajstić information content (AvgIpc) is 3.06. The van der Waals surface area contributed by atoms with Crippen LogP contribution < -0.4 is 10.1 Å². The van der Waals surface area contributed by atoms with Gasteiger partial charge in [-0.1, -0.05) is 0 Å². The first-order valence-corrected chi connectivity index (χ1v) is 8.70. The maximum Gasteiger partial charge on any atom is 0.253 e. The molecule has 8 heteroatoms. The number of amides is 1. The summed E-state index contributed by atoms with van der Waals surface area (Å²) in [5.74, 6) is 0.676. The van der Waals surface area contributed by atoms with Crippen molar-refractivity contribution in [2.24, 2.45) is 0 Å². The van der Waals surface area contributed by atoms with Gasteiger partial charge in [0.2, 0.25) is 11.8 Å². The molecule has 0 atom stereocenters. The standard InChI is InChI=1S/C19H19N5O3/c1-27-17-9-12(7-8-20-17)15-11-22-24(19(15)26)16-6-5-13(10-21-16)18(25)23-14-3-2-4-14/h5-11,14,26H,2-4H2,1H3,(H,23,25). The highest BCUT2D eigenvalue weighted by Crippen LogP contribution is 2.31. The first-order chi connectivity index (χ1) is 13.2. The molecule has 3 aromatic rings. The van der Waals surface area contributed by atoms with E-state index in [1.54, 1.807) is 36.7 Å². The van der Waals surface area contributed by atoms with Crippen LogP contribution in [0.2, 0.25) is 0 Å². The predicted octanol–water partition coefficient (Wildman–Crippen LogP) is 2.33. The Bertz CT molecular complexity index is 964. The van der Waals surface area contributed by atoms with Gasteiger partial charge in [-0.15, -0.1) is 0 Å². The number of aromatic hydroxyl groups is 1. The fourth-order valence-corrected chi connectivity index (χ4v) is 2.87. The summed E-state index contributed by atoms with van der Waals surface area (Å²) in [6.45, 7) is 0. The molecule has 0 saturated heterocycles. The molecular weight excluding hydrogens is 346 g/mol. The molecule has 1 amide bonds. The third-order valence-corrected chi connectivity index (χ3v) is 4.67. The molecule has 0 spiro atoms. The Labute approximate surface area is 155 Å². The van der Waals surface area contributed by atoms with Crippen molar-refractivity contribution in [2.75, 3.05) is 7.11 Å². The molecule has 0 aliphatic heterocycles. The van der Waals surface area contributed by atoms with Gasteiger partial charge in [0, 0.05) is 24.5 Å². The van der Waals surface area contributed by atoms with E-state index in [2.05, 4.69) is 20.4 Å². The molecule has 3 heterocycles. The minimum absolute atomic E-state index is 0.0533. The zero-order valence-corrected chi connectivity index (χ0v) is 14.8. The van der Waals surface area contributed by atoms with Gasteiger partial charge in [0.15, 0.2) is 5.82 Å². The number of nitrogens with one attached hydrogen (secondary N) is 1. The Hall–Kier alpha value is -3.42. The first-order valence-electron chi connectivity index (χ1n) is 8.70. The maximum absolute atomic E-state index is 12.2. The Morgan fingerprint density at radius 3 is 2.78 bits per heavy atom. The Kier molecular flexibility index (Phi) is 4.45. The van der Waals surface area contributed by atoms with Gasteiger partial charge in [0.05, 0.1) is 24.4 Å². The van der Waals surface area contributed by atoms with Crippen molar-refractivity contribution in [1.29, 1.82) is 0 Å². The van der Waals surface area contributed by atoms with Crippen LogP contribution in [0.25, 0.3) is 16.9 Å². The van der Waals surface area contributed by atoms with Crippen molar-refractivity contribution in [1.82, 2.24) is 25.1 Å². The van der Waals surface area contributed by atoms with Gasteiger partial charge in [0.25, 0.3) is 5.91 Å². The third-order valence-electron chi connectivity index (χ3n) is 4.67. The second-order valence-electron chi connectivity index (χ2n) is 6.39. The van der Waals surface area contributed by atoms with E-state index in [1.165, 1.54) is 18.0 Å². The van der Waals surface area contributed by atoms with E-state index in [0.29, 0.717) is 22.8 Å². The SMILES string of the molecule is COc1cc(-c2cnn(-c3ccc(C(=O)NC4CCC4)cn3)c2O)ccn1. The number of nitrogens with zero attached hydrogens (tertiary/aromatic N) is 4. The highest BCUT2D eigenvalue weighted by atomic mass is 16.5. The lowest BCUT2D eigenvalue weighted by molar-refractivity contribution is 0.0916. The zero-order chi connectivity index (χ0) is 18.8. The van der Waals surface area contributed by atoms with Gasteiger partial charge in [0.1, 0.15) is 0 Å². The summed E-state index contributed by atoms with van der Waals surface area (Å²) in [6, 6.07) is 7.06. The second kappa shape index (κ2) is 7.06. The van der Waals surface area contributed by atoms with Crippen LogP contribution in [0.5, 0.6) is 11.8 Å². The van der Waals surface area contributed by atoms with Crippen molar-refractivity contribution in [3.8, 4) is 28.7 Å². The molecule has 8 nitrogen and oxygen atoms in total. The highest BCUT2D eigenvalue weighted by molar-refractivity contribution is 5.94. The monoisotopic (exact) mass is 365 g/mol. The Morgan fingerprint density at radius 1 is 1.26 bits per heavy atom. The van der Waals surface area contributed by atoms with Crippen molar-refractivity contribution < 1.29 is 14.6 Å².